The van der Waals surface area contributed by atoms with Crippen molar-refractivity contribution in [2.24, 2.45) is 0 Å². The van der Waals surface area contributed by atoms with Crippen LogP contribution in [0.2, 0.25) is 0 Å². The highest BCUT2D eigenvalue weighted by atomic mass is 19.4. The molecular formula is C20H17F6N3O3. The Bertz CT molecular complexity index is 1020. The quantitative estimate of drug-likeness (QED) is 0.306. The molecule has 12 heteroatoms. The molecule has 0 spiro atoms. The van der Waals surface area contributed by atoms with Crippen LogP contribution in [0.15, 0.2) is 60.9 Å². The molecule has 32 heavy (non-hydrogen) atoms. The minimum Gasteiger partial charge on any atom is -0.591 e. The lowest BCUT2D eigenvalue weighted by Gasteiger charge is -2.31. The molecular weight excluding hydrogens is 444 g/mol. The second-order valence-corrected chi connectivity index (χ2v) is 6.90. The summed E-state index contributed by atoms with van der Waals surface area (Å²) in [4.78, 5) is 6.93. The van der Waals surface area contributed by atoms with Crippen molar-refractivity contribution in [1.82, 2.24) is 14.5 Å². The first-order valence-corrected chi connectivity index (χ1v) is 9.17. The van der Waals surface area contributed by atoms with E-state index in [-0.39, 0.29) is 19.0 Å². The lowest BCUT2D eigenvalue weighted by Crippen LogP contribution is -2.44. The Morgan fingerprint density at radius 1 is 0.938 bits per heavy atom. The van der Waals surface area contributed by atoms with E-state index < -0.39 is 46.4 Å². The molecule has 3 rings (SSSR count). The summed E-state index contributed by atoms with van der Waals surface area (Å²) < 4.78 is 78.7. The van der Waals surface area contributed by atoms with Gasteiger partial charge in [-0.1, -0.05) is 30.3 Å². The molecule has 172 valence electrons. The van der Waals surface area contributed by atoms with Crippen molar-refractivity contribution in [3.05, 3.63) is 88.4 Å². The fourth-order valence-electron chi connectivity index (χ4n) is 2.90. The van der Waals surface area contributed by atoms with Gasteiger partial charge in [0, 0.05) is 6.42 Å². The molecule has 0 saturated heterocycles. The Kier molecular flexibility index (Phi) is 6.49. The minimum atomic E-state index is -5.00. The van der Waals surface area contributed by atoms with Crippen LogP contribution < -0.4 is 9.65 Å². The number of hydroxylamine groups is 2. The van der Waals surface area contributed by atoms with Gasteiger partial charge in [0.25, 0.3) is 0 Å². The number of halogens is 6. The number of nitrogens with zero attached hydrogens (tertiary/aromatic N) is 3. The Hall–Kier alpha value is -3.09. The standard InChI is InChI=1S/C20H17F6N3O3/c21-19(22,23)16-10-15(11-17(12-16)20(24,25)26)13-32-28-8-7-27-18(28)29(30,31)9-6-14-4-2-1-3-5-14/h1-5,7-8,10-12,30H,6,9,13H2. The van der Waals surface area contributed by atoms with Gasteiger partial charge in [0.2, 0.25) is 0 Å². The highest BCUT2D eigenvalue weighted by Gasteiger charge is 2.37. The van der Waals surface area contributed by atoms with Gasteiger partial charge >= 0.3 is 18.3 Å². The van der Waals surface area contributed by atoms with E-state index in [2.05, 4.69) is 4.98 Å². The molecule has 1 atom stereocenters. The summed E-state index contributed by atoms with van der Waals surface area (Å²) in [6.45, 7) is -1.10. The van der Waals surface area contributed by atoms with Crippen LogP contribution in [-0.2, 0) is 25.4 Å². The number of hydrogen-bond donors (Lipinski definition) is 1. The fraction of sp³-hybridized carbons (Fsp3) is 0.250. The predicted octanol–water partition coefficient (Wildman–Crippen LogP) is 4.99. The topological polar surface area (TPSA) is 70.3 Å². The Labute approximate surface area is 178 Å². The number of rotatable bonds is 7. The molecule has 1 unspecified atom stereocenters. The molecule has 1 heterocycles. The first kappa shape index (κ1) is 23.6. The Morgan fingerprint density at radius 3 is 2.09 bits per heavy atom. The maximum Gasteiger partial charge on any atom is 0.416 e. The van der Waals surface area contributed by atoms with Crippen molar-refractivity contribution in [1.29, 1.82) is 0 Å². The zero-order valence-electron chi connectivity index (χ0n) is 16.3. The van der Waals surface area contributed by atoms with Crippen LogP contribution in [0.1, 0.15) is 22.3 Å². The molecule has 0 aliphatic carbocycles. The molecule has 0 aliphatic rings. The predicted molar refractivity (Wildman–Crippen MR) is 101 cm³/mol. The van der Waals surface area contributed by atoms with Crippen LogP contribution in [0.3, 0.4) is 0 Å². The first-order chi connectivity index (χ1) is 14.9. The molecule has 0 saturated carbocycles. The third-order valence-electron chi connectivity index (χ3n) is 4.47. The number of quaternary nitrogens is 1. The molecule has 2 aromatic carbocycles. The molecule has 0 fully saturated rings. The zero-order valence-corrected chi connectivity index (χ0v) is 16.3. The summed E-state index contributed by atoms with van der Waals surface area (Å²) >= 11 is 0. The van der Waals surface area contributed by atoms with E-state index in [4.69, 9.17) is 4.84 Å². The van der Waals surface area contributed by atoms with Gasteiger partial charge in [-0.15, -0.1) is 9.54 Å². The lowest BCUT2D eigenvalue weighted by molar-refractivity contribution is -0.143. The molecule has 6 nitrogen and oxygen atoms in total. The van der Waals surface area contributed by atoms with Crippen LogP contribution >= 0.6 is 0 Å². The maximum absolute atomic E-state index is 13.0. The first-order valence-electron chi connectivity index (χ1n) is 9.17. The summed E-state index contributed by atoms with van der Waals surface area (Å²) in [6, 6.07) is 9.80. The fourth-order valence-corrected chi connectivity index (χ4v) is 2.90. The average molecular weight is 461 g/mol. The van der Waals surface area contributed by atoms with Gasteiger partial charge in [-0.2, -0.15) is 31.3 Å². The van der Waals surface area contributed by atoms with Crippen LogP contribution in [-0.4, -0.2) is 21.5 Å². The van der Waals surface area contributed by atoms with Crippen molar-refractivity contribution < 1.29 is 36.4 Å². The summed E-state index contributed by atoms with van der Waals surface area (Å²) in [5.74, 6) is -0.538. The van der Waals surface area contributed by atoms with Gasteiger partial charge in [-0.25, -0.2) is 5.21 Å². The van der Waals surface area contributed by atoms with Crippen molar-refractivity contribution in [3.63, 3.8) is 0 Å². The van der Waals surface area contributed by atoms with Crippen LogP contribution in [0.25, 0.3) is 0 Å². The van der Waals surface area contributed by atoms with Gasteiger partial charge in [-0.3, -0.25) is 0 Å². The average Bonchev–Trinajstić information content (AvgIpc) is 3.20. The summed E-state index contributed by atoms with van der Waals surface area (Å²) in [5, 5.41) is 22.8. The summed E-state index contributed by atoms with van der Waals surface area (Å²) in [7, 11) is 0. The molecule has 0 radical (unpaired) electrons. The number of aromatic nitrogens is 2. The van der Waals surface area contributed by atoms with E-state index in [9.17, 15) is 36.8 Å². The number of hydrogen-bond acceptors (Lipinski definition) is 4. The number of alkyl halides is 6. The number of benzene rings is 2. The van der Waals surface area contributed by atoms with E-state index in [1.54, 1.807) is 30.3 Å². The molecule has 0 amide bonds. The number of imidazole rings is 1. The van der Waals surface area contributed by atoms with Gasteiger partial charge < -0.3 is 10.0 Å². The third kappa shape index (κ3) is 5.78. The summed E-state index contributed by atoms with van der Waals surface area (Å²) in [5.41, 5.74) is -2.65. The monoisotopic (exact) mass is 461 g/mol. The molecule has 1 aromatic heterocycles. The largest absolute Gasteiger partial charge is 0.591 e. The molecule has 1 N–H and O–H groups in total. The zero-order chi connectivity index (χ0) is 23.6. The van der Waals surface area contributed by atoms with Crippen molar-refractivity contribution in [3.8, 4) is 0 Å². The van der Waals surface area contributed by atoms with Crippen molar-refractivity contribution in [2.45, 2.75) is 25.4 Å². The highest BCUT2D eigenvalue weighted by molar-refractivity contribution is 5.33. The van der Waals surface area contributed by atoms with Crippen LogP contribution in [0.4, 0.5) is 32.3 Å². The molecule has 0 aliphatic heterocycles. The van der Waals surface area contributed by atoms with E-state index in [1.165, 1.54) is 0 Å². The van der Waals surface area contributed by atoms with Crippen molar-refractivity contribution in [2.75, 3.05) is 6.54 Å². The molecule has 3 aromatic rings. The minimum absolute atomic E-state index is 0.00298. The summed E-state index contributed by atoms with van der Waals surface area (Å²) in [6.07, 6.45) is -7.61. The normalized spacial score (nSPS) is 14.2. The van der Waals surface area contributed by atoms with Crippen molar-refractivity contribution >= 4 is 5.95 Å². The highest BCUT2D eigenvalue weighted by Crippen LogP contribution is 2.36. The smallest absolute Gasteiger partial charge is 0.416 e. The Morgan fingerprint density at radius 2 is 1.53 bits per heavy atom. The maximum atomic E-state index is 13.0. The van der Waals surface area contributed by atoms with E-state index in [0.717, 1.165) is 18.0 Å². The van der Waals surface area contributed by atoms with Gasteiger partial charge in [0.15, 0.2) is 0 Å². The third-order valence-corrected chi connectivity index (χ3v) is 4.47. The molecule has 0 bridgehead atoms. The Balaban J connectivity index is 1.78. The van der Waals surface area contributed by atoms with Gasteiger partial charge in [0.05, 0.1) is 23.5 Å². The van der Waals surface area contributed by atoms with E-state index in [1.807, 2.05) is 0 Å². The van der Waals surface area contributed by atoms with Gasteiger partial charge in [-0.05, 0) is 29.3 Å². The SMILES string of the molecule is [O-][N+](O)(CCc1ccccc1)c1nccn1OCc1cc(C(F)(F)F)cc(C(F)(F)F)c1. The second-order valence-electron chi connectivity index (χ2n) is 6.90. The van der Waals surface area contributed by atoms with Crippen LogP contribution in [0, 0.1) is 5.21 Å². The van der Waals surface area contributed by atoms with E-state index >= 15 is 0 Å². The second kappa shape index (κ2) is 8.81. The van der Waals surface area contributed by atoms with Crippen LogP contribution in [0.5, 0.6) is 0 Å². The lowest BCUT2D eigenvalue weighted by atomic mass is 10.1. The van der Waals surface area contributed by atoms with Gasteiger partial charge in [0.1, 0.15) is 13.2 Å². The van der Waals surface area contributed by atoms with E-state index in [0.29, 0.717) is 16.9 Å².